The highest BCUT2D eigenvalue weighted by molar-refractivity contribution is 5.79. The van der Waals surface area contributed by atoms with E-state index in [1.165, 1.54) is 17.6 Å². The minimum absolute atomic E-state index is 0.333. The van der Waals surface area contributed by atoms with Crippen molar-refractivity contribution in [3.63, 3.8) is 0 Å². The third-order valence-electron chi connectivity index (χ3n) is 2.82. The Labute approximate surface area is 104 Å². The summed E-state index contributed by atoms with van der Waals surface area (Å²) in [7, 11) is 0. The molecule has 0 bridgehead atoms. The molecule has 0 saturated carbocycles. The maximum Gasteiger partial charge on any atom is 0.143 e. The van der Waals surface area contributed by atoms with Gasteiger partial charge in [-0.05, 0) is 23.1 Å². The first-order chi connectivity index (χ1) is 8.81. The fraction of sp³-hybridized carbons (Fsp3) is 0.0714. The lowest BCUT2D eigenvalue weighted by Crippen LogP contribution is -2.00. The third kappa shape index (κ3) is 2.18. The van der Waals surface area contributed by atoms with Crippen molar-refractivity contribution in [2.45, 2.75) is 6.54 Å². The van der Waals surface area contributed by atoms with Crippen LogP contribution in [0.3, 0.4) is 0 Å². The van der Waals surface area contributed by atoms with Crippen LogP contribution in [0.2, 0.25) is 0 Å². The molecule has 3 rings (SSSR count). The zero-order valence-corrected chi connectivity index (χ0v) is 9.65. The van der Waals surface area contributed by atoms with Gasteiger partial charge in [0.25, 0.3) is 0 Å². The molecule has 0 aliphatic carbocycles. The molecule has 0 saturated heterocycles. The van der Waals surface area contributed by atoms with Crippen LogP contribution in [0.25, 0.3) is 10.9 Å². The number of hydrogen-bond acceptors (Lipinski definition) is 2. The van der Waals surface area contributed by atoms with Crippen LogP contribution in [0, 0.1) is 5.82 Å². The molecule has 2 N–H and O–H groups in total. The molecule has 18 heavy (non-hydrogen) atoms. The van der Waals surface area contributed by atoms with Gasteiger partial charge >= 0.3 is 0 Å². The summed E-state index contributed by atoms with van der Waals surface area (Å²) in [5.74, 6) is -0.333. The van der Waals surface area contributed by atoms with Gasteiger partial charge in [0.05, 0.1) is 18.1 Å². The van der Waals surface area contributed by atoms with Crippen molar-refractivity contribution in [3.8, 4) is 0 Å². The number of nitrogens with zero attached hydrogens (tertiary/aromatic N) is 1. The summed E-state index contributed by atoms with van der Waals surface area (Å²) >= 11 is 0. The van der Waals surface area contributed by atoms with E-state index < -0.39 is 0 Å². The van der Waals surface area contributed by atoms with Gasteiger partial charge in [-0.25, -0.2) is 4.39 Å². The topological polar surface area (TPSA) is 40.7 Å². The van der Waals surface area contributed by atoms with Crippen LogP contribution in [0.4, 0.5) is 10.1 Å². The lowest BCUT2D eigenvalue weighted by Gasteiger charge is -2.06. The first kappa shape index (κ1) is 10.8. The van der Waals surface area contributed by atoms with E-state index in [1.54, 1.807) is 6.20 Å². The van der Waals surface area contributed by atoms with Crippen LogP contribution in [0.5, 0.6) is 0 Å². The average Bonchev–Trinajstić information content (AvgIpc) is 2.84. The van der Waals surface area contributed by atoms with Crippen molar-refractivity contribution in [1.82, 2.24) is 9.97 Å². The Hall–Kier alpha value is -2.36. The van der Waals surface area contributed by atoms with Gasteiger partial charge in [0.2, 0.25) is 0 Å². The van der Waals surface area contributed by atoms with Crippen LogP contribution in [-0.2, 0) is 6.54 Å². The summed E-state index contributed by atoms with van der Waals surface area (Å²) in [5, 5.41) is 4.33. The van der Waals surface area contributed by atoms with Gasteiger partial charge in [-0.3, -0.25) is 4.98 Å². The summed E-state index contributed by atoms with van der Waals surface area (Å²) in [4.78, 5) is 6.96. The van der Waals surface area contributed by atoms with Crippen LogP contribution in [0.1, 0.15) is 5.56 Å². The van der Waals surface area contributed by atoms with Crippen molar-refractivity contribution in [2.24, 2.45) is 0 Å². The van der Waals surface area contributed by atoms with Gasteiger partial charge in [-0.15, -0.1) is 0 Å². The molecule has 1 aromatic carbocycles. The van der Waals surface area contributed by atoms with Gasteiger partial charge in [0, 0.05) is 24.3 Å². The van der Waals surface area contributed by atoms with E-state index in [9.17, 15) is 4.39 Å². The number of benzene rings is 1. The molecular weight excluding hydrogens is 229 g/mol. The molecule has 0 spiro atoms. The standard InChI is InChI=1S/C14H12FN3/c15-12-6-13(9-16-8-12)18-7-10-1-2-11-3-4-17-14(11)5-10/h1-6,8-9,17-18H,7H2. The highest BCUT2D eigenvalue weighted by Crippen LogP contribution is 2.15. The molecule has 0 aliphatic rings. The number of nitrogens with one attached hydrogen (secondary N) is 2. The second-order valence-corrected chi connectivity index (χ2v) is 4.14. The van der Waals surface area contributed by atoms with Crippen LogP contribution >= 0.6 is 0 Å². The molecule has 2 aromatic heterocycles. The number of anilines is 1. The van der Waals surface area contributed by atoms with E-state index in [-0.39, 0.29) is 5.82 Å². The molecule has 0 aliphatic heterocycles. The Morgan fingerprint density at radius 2 is 2.11 bits per heavy atom. The Kier molecular flexibility index (Phi) is 2.68. The monoisotopic (exact) mass is 241 g/mol. The number of aromatic nitrogens is 2. The van der Waals surface area contributed by atoms with Gasteiger partial charge in [0.1, 0.15) is 5.82 Å². The maximum absolute atomic E-state index is 13.0. The summed E-state index contributed by atoms with van der Waals surface area (Å²) in [6, 6.07) is 9.65. The molecule has 3 nitrogen and oxygen atoms in total. The highest BCUT2D eigenvalue weighted by Gasteiger charge is 1.99. The second kappa shape index (κ2) is 4.49. The van der Waals surface area contributed by atoms with E-state index in [1.807, 2.05) is 12.3 Å². The molecule has 0 radical (unpaired) electrons. The molecule has 4 heteroatoms. The SMILES string of the molecule is Fc1cncc(NCc2ccc3cc[nH]c3c2)c1. The number of fused-ring (bicyclic) bond motifs is 1. The van der Waals surface area contributed by atoms with E-state index >= 15 is 0 Å². The van der Waals surface area contributed by atoms with Crippen molar-refractivity contribution in [1.29, 1.82) is 0 Å². The third-order valence-corrected chi connectivity index (χ3v) is 2.82. The van der Waals surface area contributed by atoms with Crippen LogP contribution in [0.15, 0.2) is 48.9 Å². The number of pyridine rings is 1. The predicted octanol–water partition coefficient (Wildman–Crippen LogP) is 3.31. The van der Waals surface area contributed by atoms with Gasteiger partial charge in [0.15, 0.2) is 0 Å². The van der Waals surface area contributed by atoms with Gasteiger partial charge in [-0.1, -0.05) is 12.1 Å². The smallest absolute Gasteiger partial charge is 0.143 e. The maximum atomic E-state index is 13.0. The molecule has 2 heterocycles. The number of H-pyrrole nitrogens is 1. The Bertz CT molecular complexity index is 675. The molecule has 0 fully saturated rings. The fourth-order valence-corrected chi connectivity index (χ4v) is 1.92. The largest absolute Gasteiger partial charge is 0.380 e. The van der Waals surface area contributed by atoms with Crippen LogP contribution in [-0.4, -0.2) is 9.97 Å². The van der Waals surface area contributed by atoms with Crippen molar-refractivity contribution >= 4 is 16.6 Å². The van der Waals surface area contributed by atoms with Crippen molar-refractivity contribution in [2.75, 3.05) is 5.32 Å². The van der Waals surface area contributed by atoms with Gasteiger partial charge in [-0.2, -0.15) is 0 Å². The lowest BCUT2D eigenvalue weighted by molar-refractivity contribution is 0.622. The Balaban J connectivity index is 1.76. The lowest BCUT2D eigenvalue weighted by atomic mass is 10.1. The predicted molar refractivity (Wildman–Crippen MR) is 69.8 cm³/mol. The fourth-order valence-electron chi connectivity index (χ4n) is 1.92. The first-order valence-electron chi connectivity index (χ1n) is 5.72. The zero-order valence-electron chi connectivity index (χ0n) is 9.65. The number of rotatable bonds is 3. The minimum atomic E-state index is -0.333. The Morgan fingerprint density at radius 1 is 1.17 bits per heavy atom. The number of aromatic amines is 1. The first-order valence-corrected chi connectivity index (χ1v) is 5.72. The second-order valence-electron chi connectivity index (χ2n) is 4.14. The normalized spacial score (nSPS) is 10.7. The summed E-state index contributed by atoms with van der Waals surface area (Å²) in [6.07, 6.45) is 4.71. The Morgan fingerprint density at radius 3 is 3.00 bits per heavy atom. The molecule has 3 aromatic rings. The average molecular weight is 241 g/mol. The quantitative estimate of drug-likeness (QED) is 0.738. The molecule has 0 amide bonds. The van der Waals surface area contributed by atoms with Crippen LogP contribution < -0.4 is 5.32 Å². The van der Waals surface area contributed by atoms with E-state index in [4.69, 9.17) is 0 Å². The molecule has 0 unspecified atom stereocenters. The van der Waals surface area contributed by atoms with Crippen molar-refractivity contribution in [3.05, 3.63) is 60.3 Å². The molecule has 0 atom stereocenters. The molecule has 90 valence electrons. The zero-order chi connectivity index (χ0) is 12.4. The summed E-state index contributed by atoms with van der Waals surface area (Å²) in [6.45, 7) is 0.639. The van der Waals surface area contributed by atoms with Gasteiger partial charge < -0.3 is 10.3 Å². The van der Waals surface area contributed by atoms with E-state index in [2.05, 4.69) is 33.5 Å². The van der Waals surface area contributed by atoms with E-state index in [0.29, 0.717) is 12.2 Å². The number of hydrogen-bond donors (Lipinski definition) is 2. The highest BCUT2D eigenvalue weighted by atomic mass is 19.1. The summed E-state index contributed by atoms with van der Waals surface area (Å²) < 4.78 is 13.0. The van der Waals surface area contributed by atoms with E-state index in [0.717, 1.165) is 11.1 Å². The minimum Gasteiger partial charge on any atom is -0.380 e. The van der Waals surface area contributed by atoms with Crippen molar-refractivity contribution < 1.29 is 4.39 Å². The molecular formula is C14H12FN3. The summed E-state index contributed by atoms with van der Waals surface area (Å²) in [5.41, 5.74) is 2.92. The number of halogens is 1.